The third-order valence-electron chi connectivity index (χ3n) is 2.91. The van der Waals surface area contributed by atoms with Crippen molar-refractivity contribution in [2.24, 2.45) is 5.84 Å². The largest absolute Gasteiger partial charge is 0.379 e. The van der Waals surface area contributed by atoms with Gasteiger partial charge in [0, 0.05) is 12.7 Å². The van der Waals surface area contributed by atoms with Gasteiger partial charge in [0.1, 0.15) is 5.82 Å². The zero-order valence-corrected chi connectivity index (χ0v) is 10.7. The Morgan fingerprint density at radius 2 is 2.18 bits per heavy atom. The molecule has 4 heteroatoms. The lowest BCUT2D eigenvalue weighted by molar-refractivity contribution is 0.0595. The van der Waals surface area contributed by atoms with E-state index in [-0.39, 0.29) is 18.0 Å². The Labute approximate surface area is 102 Å². The molecule has 0 saturated carbocycles. The van der Waals surface area contributed by atoms with Crippen molar-refractivity contribution >= 4 is 0 Å². The summed E-state index contributed by atoms with van der Waals surface area (Å²) in [4.78, 5) is 0. The highest BCUT2D eigenvalue weighted by Gasteiger charge is 2.23. The van der Waals surface area contributed by atoms with Crippen LogP contribution in [-0.4, -0.2) is 13.2 Å². The minimum atomic E-state index is -0.320. The van der Waals surface area contributed by atoms with Gasteiger partial charge in [-0.3, -0.25) is 11.3 Å². The van der Waals surface area contributed by atoms with Crippen LogP contribution >= 0.6 is 0 Å². The van der Waals surface area contributed by atoms with Crippen LogP contribution in [0.2, 0.25) is 0 Å². The number of rotatable bonds is 6. The molecule has 0 aliphatic heterocycles. The summed E-state index contributed by atoms with van der Waals surface area (Å²) in [5.41, 5.74) is 4.23. The van der Waals surface area contributed by atoms with E-state index in [0.29, 0.717) is 5.56 Å². The summed E-state index contributed by atoms with van der Waals surface area (Å²) in [6.45, 7) is 3.99. The molecule has 0 fully saturated rings. The summed E-state index contributed by atoms with van der Waals surface area (Å²) in [6.07, 6.45) is 1.67. The number of ether oxygens (including phenoxy) is 1. The van der Waals surface area contributed by atoms with E-state index in [4.69, 9.17) is 10.6 Å². The first-order valence-corrected chi connectivity index (χ1v) is 5.89. The van der Waals surface area contributed by atoms with E-state index in [1.165, 1.54) is 6.07 Å². The Morgan fingerprint density at radius 3 is 2.71 bits per heavy atom. The Bertz CT molecular complexity index is 357. The quantitative estimate of drug-likeness (QED) is 0.593. The molecule has 1 rings (SSSR count). The van der Waals surface area contributed by atoms with Gasteiger partial charge in [0.15, 0.2) is 0 Å². The van der Waals surface area contributed by atoms with Gasteiger partial charge in [-0.05, 0) is 19.4 Å². The summed E-state index contributed by atoms with van der Waals surface area (Å²) in [7, 11) is 1.62. The van der Waals surface area contributed by atoms with Crippen LogP contribution in [0.3, 0.4) is 0 Å². The maximum Gasteiger partial charge on any atom is 0.128 e. The summed E-state index contributed by atoms with van der Waals surface area (Å²) in [5.74, 6) is 5.28. The van der Waals surface area contributed by atoms with Gasteiger partial charge in [-0.25, -0.2) is 4.39 Å². The molecule has 0 saturated heterocycles. The summed E-state index contributed by atoms with van der Waals surface area (Å²) < 4.78 is 19.2. The molecule has 0 aliphatic rings. The molecule has 2 unspecified atom stereocenters. The molecule has 2 atom stereocenters. The molecule has 3 nitrogen and oxygen atoms in total. The molecule has 0 aromatic heterocycles. The van der Waals surface area contributed by atoms with E-state index in [1.807, 2.05) is 13.0 Å². The predicted molar refractivity (Wildman–Crippen MR) is 66.9 cm³/mol. The lowest BCUT2D eigenvalue weighted by atomic mass is 9.97. The number of methoxy groups -OCH3 is 1. The molecule has 17 heavy (non-hydrogen) atoms. The van der Waals surface area contributed by atoms with Crippen molar-refractivity contribution in [2.75, 3.05) is 7.11 Å². The summed E-state index contributed by atoms with van der Waals surface area (Å²) >= 11 is 0. The van der Waals surface area contributed by atoms with E-state index in [9.17, 15) is 4.39 Å². The molecule has 0 heterocycles. The number of hydrogen-bond acceptors (Lipinski definition) is 3. The molecule has 3 N–H and O–H groups in total. The molecule has 0 aliphatic carbocycles. The van der Waals surface area contributed by atoms with Crippen LogP contribution in [-0.2, 0) is 4.74 Å². The average molecular weight is 240 g/mol. The minimum absolute atomic E-state index is 0.124. The molecular formula is C13H21FN2O. The van der Waals surface area contributed by atoms with Crippen LogP contribution in [0.4, 0.5) is 4.39 Å². The monoisotopic (exact) mass is 240 g/mol. The zero-order chi connectivity index (χ0) is 12.8. The van der Waals surface area contributed by atoms with Crippen molar-refractivity contribution in [3.8, 4) is 0 Å². The average Bonchev–Trinajstić information content (AvgIpc) is 2.33. The van der Waals surface area contributed by atoms with E-state index >= 15 is 0 Å². The summed E-state index contributed by atoms with van der Waals surface area (Å²) in [5, 5.41) is 0. The molecule has 0 radical (unpaired) electrons. The van der Waals surface area contributed by atoms with Gasteiger partial charge in [-0.2, -0.15) is 0 Å². The fraction of sp³-hybridized carbons (Fsp3) is 0.538. The van der Waals surface area contributed by atoms with Gasteiger partial charge in [0.05, 0.1) is 12.1 Å². The van der Waals surface area contributed by atoms with Crippen LogP contribution in [0, 0.1) is 12.7 Å². The Balaban J connectivity index is 3.02. The number of nitrogens with one attached hydrogen (secondary N) is 1. The third kappa shape index (κ3) is 3.49. The number of nitrogens with two attached hydrogens (primary N) is 1. The fourth-order valence-corrected chi connectivity index (χ4v) is 2.00. The normalized spacial score (nSPS) is 14.6. The second-order valence-corrected chi connectivity index (χ2v) is 4.23. The Hall–Kier alpha value is -0.970. The van der Waals surface area contributed by atoms with E-state index in [0.717, 1.165) is 18.4 Å². The Morgan fingerprint density at radius 1 is 1.47 bits per heavy atom. The first kappa shape index (κ1) is 14.1. The van der Waals surface area contributed by atoms with E-state index < -0.39 is 0 Å². The smallest absolute Gasteiger partial charge is 0.128 e. The first-order valence-electron chi connectivity index (χ1n) is 5.89. The molecule has 96 valence electrons. The number of hydrazine groups is 1. The minimum Gasteiger partial charge on any atom is -0.379 e. The molecule has 0 amide bonds. The van der Waals surface area contributed by atoms with Gasteiger partial charge in [-0.1, -0.05) is 31.0 Å². The van der Waals surface area contributed by atoms with Crippen molar-refractivity contribution in [2.45, 2.75) is 38.8 Å². The zero-order valence-electron chi connectivity index (χ0n) is 10.7. The molecule has 1 aromatic rings. The van der Waals surface area contributed by atoms with Crippen LogP contribution < -0.4 is 11.3 Å². The van der Waals surface area contributed by atoms with Gasteiger partial charge < -0.3 is 4.74 Å². The van der Waals surface area contributed by atoms with Crippen LogP contribution in [0.15, 0.2) is 18.2 Å². The van der Waals surface area contributed by atoms with Gasteiger partial charge in [0.25, 0.3) is 0 Å². The topological polar surface area (TPSA) is 47.3 Å². The van der Waals surface area contributed by atoms with Crippen molar-refractivity contribution in [1.29, 1.82) is 0 Å². The standard InChI is InChI=1S/C13H21FN2O/c1-4-5-12(17-3)13(16-15)10-8-9(2)6-7-11(10)14/h6-8,12-13,16H,4-5,15H2,1-3H3. The number of aryl methyl sites for hydroxylation is 1. The second kappa shape index (κ2) is 6.69. The second-order valence-electron chi connectivity index (χ2n) is 4.23. The van der Waals surface area contributed by atoms with Crippen molar-refractivity contribution in [3.05, 3.63) is 35.1 Å². The number of hydrogen-bond donors (Lipinski definition) is 2. The number of halogens is 1. The summed E-state index contributed by atoms with van der Waals surface area (Å²) in [6, 6.07) is 4.70. The van der Waals surface area contributed by atoms with Gasteiger partial charge in [-0.15, -0.1) is 0 Å². The lowest BCUT2D eigenvalue weighted by Crippen LogP contribution is -2.38. The van der Waals surface area contributed by atoms with Crippen LogP contribution in [0.1, 0.15) is 36.9 Å². The van der Waals surface area contributed by atoms with Crippen molar-refractivity contribution in [1.82, 2.24) is 5.43 Å². The van der Waals surface area contributed by atoms with E-state index in [2.05, 4.69) is 12.3 Å². The predicted octanol–water partition coefficient (Wildman–Crippen LogP) is 2.45. The van der Waals surface area contributed by atoms with Crippen LogP contribution in [0.5, 0.6) is 0 Å². The maximum atomic E-state index is 13.8. The highest BCUT2D eigenvalue weighted by molar-refractivity contribution is 5.27. The first-order chi connectivity index (χ1) is 8.13. The Kier molecular flexibility index (Phi) is 5.55. The third-order valence-corrected chi connectivity index (χ3v) is 2.91. The maximum absolute atomic E-state index is 13.8. The molecule has 1 aromatic carbocycles. The van der Waals surface area contributed by atoms with Crippen molar-refractivity contribution < 1.29 is 9.13 Å². The SMILES string of the molecule is CCCC(OC)C(NN)c1cc(C)ccc1F. The number of benzene rings is 1. The molecular weight excluding hydrogens is 219 g/mol. The molecule has 0 bridgehead atoms. The lowest BCUT2D eigenvalue weighted by Gasteiger charge is -2.26. The highest BCUT2D eigenvalue weighted by Crippen LogP contribution is 2.24. The van der Waals surface area contributed by atoms with Crippen molar-refractivity contribution in [3.63, 3.8) is 0 Å². The highest BCUT2D eigenvalue weighted by atomic mass is 19.1. The fourth-order valence-electron chi connectivity index (χ4n) is 2.00. The van der Waals surface area contributed by atoms with Gasteiger partial charge >= 0.3 is 0 Å². The van der Waals surface area contributed by atoms with Crippen LogP contribution in [0.25, 0.3) is 0 Å². The molecule has 0 spiro atoms. The van der Waals surface area contributed by atoms with Gasteiger partial charge in [0.2, 0.25) is 0 Å². The van der Waals surface area contributed by atoms with E-state index in [1.54, 1.807) is 13.2 Å².